The van der Waals surface area contributed by atoms with Crippen molar-refractivity contribution in [2.24, 2.45) is 0 Å². The second kappa shape index (κ2) is 11.4. The number of anilines is 1. The summed E-state index contributed by atoms with van der Waals surface area (Å²) in [6.07, 6.45) is 2.17. The standard InChI is InChI=1S/C27H22N6O3S2/c1-18-7-5-11-21(13-18)32-25(20-9-3-2-4-10-20)30-31-27(32)37-17-24(34)29-26-28-16-23(38-26)15-19-8-6-12-22(14-19)33(35)36/h2-14,16H,15,17H2,1H3,(H,28,29,34). The van der Waals surface area contributed by atoms with E-state index in [1.165, 1.54) is 29.2 Å². The molecule has 0 unspecified atom stereocenters. The monoisotopic (exact) mass is 542 g/mol. The molecule has 9 nitrogen and oxygen atoms in total. The molecule has 1 N–H and O–H groups in total. The third-order valence-electron chi connectivity index (χ3n) is 5.56. The maximum absolute atomic E-state index is 12.8. The highest BCUT2D eigenvalue weighted by Gasteiger charge is 2.18. The molecule has 1 amide bonds. The molecule has 11 heteroatoms. The van der Waals surface area contributed by atoms with Crippen LogP contribution in [0.1, 0.15) is 16.0 Å². The smallest absolute Gasteiger partial charge is 0.269 e. The van der Waals surface area contributed by atoms with Gasteiger partial charge < -0.3 is 5.32 Å². The van der Waals surface area contributed by atoms with Gasteiger partial charge in [-0.1, -0.05) is 66.4 Å². The number of aromatic nitrogens is 4. The van der Waals surface area contributed by atoms with Crippen LogP contribution in [0, 0.1) is 17.0 Å². The van der Waals surface area contributed by atoms with E-state index < -0.39 is 4.92 Å². The van der Waals surface area contributed by atoms with E-state index in [0.29, 0.717) is 22.5 Å². The topological polar surface area (TPSA) is 116 Å². The van der Waals surface area contributed by atoms with E-state index in [1.807, 2.05) is 66.1 Å². The molecular formula is C27H22N6O3S2. The summed E-state index contributed by atoms with van der Waals surface area (Å²) in [7, 11) is 0. The first-order valence-electron chi connectivity index (χ1n) is 11.6. The second-order valence-corrected chi connectivity index (χ2v) is 10.5. The lowest BCUT2D eigenvalue weighted by Gasteiger charge is -2.11. The van der Waals surface area contributed by atoms with E-state index in [2.05, 4.69) is 26.6 Å². The number of aryl methyl sites for hydroxylation is 1. The average molecular weight is 543 g/mol. The van der Waals surface area contributed by atoms with Gasteiger partial charge in [-0.2, -0.15) is 0 Å². The Bertz CT molecular complexity index is 1600. The normalized spacial score (nSPS) is 10.9. The predicted molar refractivity (Wildman–Crippen MR) is 149 cm³/mol. The number of nitrogens with one attached hydrogen (secondary N) is 1. The minimum atomic E-state index is -0.415. The summed E-state index contributed by atoms with van der Waals surface area (Å²) < 4.78 is 1.96. The number of nitro benzene ring substituents is 1. The number of hydrogen-bond donors (Lipinski definition) is 1. The molecule has 0 radical (unpaired) electrons. The molecule has 3 aromatic carbocycles. The zero-order valence-electron chi connectivity index (χ0n) is 20.3. The lowest BCUT2D eigenvalue weighted by Crippen LogP contribution is -2.14. The van der Waals surface area contributed by atoms with Crippen molar-refractivity contribution in [3.8, 4) is 17.1 Å². The molecule has 5 rings (SSSR count). The van der Waals surface area contributed by atoms with Gasteiger partial charge in [0.05, 0.1) is 10.7 Å². The molecule has 0 saturated carbocycles. The highest BCUT2D eigenvalue weighted by atomic mass is 32.2. The molecule has 0 spiro atoms. The number of nitrogens with zero attached hydrogens (tertiary/aromatic N) is 5. The van der Waals surface area contributed by atoms with Gasteiger partial charge in [0.2, 0.25) is 5.91 Å². The molecule has 190 valence electrons. The highest BCUT2D eigenvalue weighted by molar-refractivity contribution is 7.99. The van der Waals surface area contributed by atoms with E-state index in [0.717, 1.165) is 27.3 Å². The minimum absolute atomic E-state index is 0.0477. The SMILES string of the molecule is Cc1cccc(-n2c(SCC(=O)Nc3ncc(Cc4cccc([N+](=O)[O-])c4)s3)nnc2-c2ccccc2)c1. The molecular weight excluding hydrogens is 520 g/mol. The number of rotatable bonds is 9. The van der Waals surface area contributed by atoms with Gasteiger partial charge in [-0.3, -0.25) is 19.5 Å². The van der Waals surface area contributed by atoms with Crippen LogP contribution in [-0.2, 0) is 11.2 Å². The van der Waals surface area contributed by atoms with Crippen molar-refractivity contribution >= 4 is 39.8 Å². The van der Waals surface area contributed by atoms with Crippen molar-refractivity contribution in [3.63, 3.8) is 0 Å². The van der Waals surface area contributed by atoms with E-state index >= 15 is 0 Å². The summed E-state index contributed by atoms with van der Waals surface area (Å²) in [6.45, 7) is 2.03. The van der Waals surface area contributed by atoms with Crippen LogP contribution in [0.4, 0.5) is 10.8 Å². The Morgan fingerprint density at radius 3 is 2.66 bits per heavy atom. The fraction of sp³-hybridized carbons (Fsp3) is 0.111. The van der Waals surface area contributed by atoms with Gasteiger partial charge >= 0.3 is 0 Å². The average Bonchev–Trinajstić information content (AvgIpc) is 3.55. The summed E-state index contributed by atoms with van der Waals surface area (Å²) in [5, 5.41) is 23.7. The number of hydrogen-bond acceptors (Lipinski definition) is 8. The van der Waals surface area contributed by atoms with Crippen molar-refractivity contribution in [2.45, 2.75) is 18.5 Å². The zero-order chi connectivity index (χ0) is 26.5. The van der Waals surface area contributed by atoms with Crippen LogP contribution in [0.25, 0.3) is 17.1 Å². The van der Waals surface area contributed by atoms with Crippen LogP contribution in [0.5, 0.6) is 0 Å². The molecule has 5 aromatic rings. The van der Waals surface area contributed by atoms with Crippen molar-refractivity contribution in [1.82, 2.24) is 19.7 Å². The Kier molecular flexibility index (Phi) is 7.57. The molecule has 0 fully saturated rings. The van der Waals surface area contributed by atoms with E-state index in [4.69, 9.17) is 0 Å². The molecule has 0 aliphatic rings. The third kappa shape index (κ3) is 5.96. The first-order valence-corrected chi connectivity index (χ1v) is 13.4. The third-order valence-corrected chi connectivity index (χ3v) is 7.40. The maximum Gasteiger partial charge on any atom is 0.269 e. The molecule has 0 saturated heterocycles. The van der Waals surface area contributed by atoms with Gasteiger partial charge in [0, 0.05) is 40.9 Å². The van der Waals surface area contributed by atoms with Crippen molar-refractivity contribution < 1.29 is 9.72 Å². The lowest BCUT2D eigenvalue weighted by atomic mass is 10.1. The number of nitro groups is 1. The fourth-order valence-corrected chi connectivity index (χ4v) is 5.47. The Morgan fingerprint density at radius 1 is 1.05 bits per heavy atom. The predicted octanol–water partition coefficient (Wildman–Crippen LogP) is 5.93. The van der Waals surface area contributed by atoms with Crippen LogP contribution in [0.2, 0.25) is 0 Å². The summed E-state index contributed by atoms with van der Waals surface area (Å²) in [6, 6.07) is 24.3. The summed E-state index contributed by atoms with van der Waals surface area (Å²) in [5.74, 6) is 0.606. The summed E-state index contributed by atoms with van der Waals surface area (Å²) in [5.41, 5.74) is 3.81. The number of carbonyl (C=O) groups is 1. The van der Waals surface area contributed by atoms with Crippen LogP contribution >= 0.6 is 23.1 Å². The number of non-ortho nitro benzene ring substituents is 1. The lowest BCUT2D eigenvalue weighted by molar-refractivity contribution is -0.384. The second-order valence-electron chi connectivity index (χ2n) is 8.42. The summed E-state index contributed by atoms with van der Waals surface area (Å²) >= 11 is 2.63. The number of benzene rings is 3. The van der Waals surface area contributed by atoms with Crippen molar-refractivity contribution in [2.75, 3.05) is 11.1 Å². The molecule has 0 atom stereocenters. The van der Waals surface area contributed by atoms with E-state index in [9.17, 15) is 14.9 Å². The van der Waals surface area contributed by atoms with Gasteiger partial charge in [0.15, 0.2) is 16.1 Å². The number of thioether (sulfide) groups is 1. The van der Waals surface area contributed by atoms with Gasteiger partial charge in [0.1, 0.15) is 0 Å². The van der Waals surface area contributed by atoms with E-state index in [-0.39, 0.29) is 17.3 Å². The van der Waals surface area contributed by atoms with Crippen molar-refractivity contribution in [3.05, 3.63) is 111 Å². The summed E-state index contributed by atoms with van der Waals surface area (Å²) in [4.78, 5) is 28.5. The number of thiazole rings is 1. The maximum atomic E-state index is 12.8. The highest BCUT2D eigenvalue weighted by Crippen LogP contribution is 2.29. The molecule has 38 heavy (non-hydrogen) atoms. The molecule has 2 aromatic heterocycles. The Morgan fingerprint density at radius 2 is 1.87 bits per heavy atom. The first-order chi connectivity index (χ1) is 18.5. The molecule has 0 aliphatic heterocycles. The molecule has 0 bridgehead atoms. The van der Waals surface area contributed by atoms with Crippen LogP contribution in [0.3, 0.4) is 0 Å². The molecule has 0 aliphatic carbocycles. The quantitative estimate of drug-likeness (QED) is 0.139. The van der Waals surface area contributed by atoms with Crippen LogP contribution < -0.4 is 5.32 Å². The largest absolute Gasteiger partial charge is 0.301 e. The van der Waals surface area contributed by atoms with Crippen molar-refractivity contribution in [1.29, 1.82) is 0 Å². The Labute approximate surface area is 226 Å². The number of carbonyl (C=O) groups excluding carboxylic acids is 1. The van der Waals surface area contributed by atoms with Gasteiger partial charge in [-0.15, -0.1) is 21.5 Å². The fourth-order valence-electron chi connectivity index (χ4n) is 3.85. The zero-order valence-corrected chi connectivity index (χ0v) is 21.9. The van der Waals surface area contributed by atoms with Gasteiger partial charge in [0.25, 0.3) is 5.69 Å². The first kappa shape index (κ1) is 25.3. The van der Waals surface area contributed by atoms with Crippen LogP contribution in [-0.4, -0.2) is 36.3 Å². The van der Waals surface area contributed by atoms with Gasteiger partial charge in [-0.25, -0.2) is 4.98 Å². The van der Waals surface area contributed by atoms with Crippen LogP contribution in [0.15, 0.2) is 90.2 Å². The van der Waals surface area contributed by atoms with E-state index in [1.54, 1.807) is 18.3 Å². The Balaban J connectivity index is 1.28. The van der Waals surface area contributed by atoms with Gasteiger partial charge in [-0.05, 0) is 30.2 Å². The minimum Gasteiger partial charge on any atom is -0.301 e. The Hall–Kier alpha value is -4.35. The number of amides is 1. The molecule has 2 heterocycles.